The molecule has 0 radical (unpaired) electrons. The number of benzene rings is 1. The van der Waals surface area contributed by atoms with Crippen LogP contribution in [0.4, 0.5) is 4.39 Å². The highest BCUT2D eigenvalue weighted by Crippen LogP contribution is 2.29. The lowest BCUT2D eigenvalue weighted by Crippen LogP contribution is -1.78. The van der Waals surface area contributed by atoms with Crippen molar-refractivity contribution in [3.8, 4) is 0 Å². The van der Waals surface area contributed by atoms with Gasteiger partial charge in [-0.05, 0) is 34.2 Å². The van der Waals surface area contributed by atoms with Crippen molar-refractivity contribution in [1.29, 1.82) is 0 Å². The van der Waals surface area contributed by atoms with Crippen LogP contribution in [0.3, 0.4) is 0 Å². The van der Waals surface area contributed by atoms with E-state index in [0.717, 1.165) is 16.2 Å². The molecule has 0 saturated carbocycles. The van der Waals surface area contributed by atoms with Gasteiger partial charge in [-0.15, -0.1) is 11.3 Å². The molecular formula is C11H11FS2. The van der Waals surface area contributed by atoms with Gasteiger partial charge < -0.3 is 0 Å². The lowest BCUT2D eigenvalue weighted by Gasteiger charge is -1.97. The topological polar surface area (TPSA) is 0 Å². The number of hydrogen-bond acceptors (Lipinski definition) is 2. The third-order valence-electron chi connectivity index (χ3n) is 2.08. The second kappa shape index (κ2) is 4.32. The molecule has 3 heteroatoms. The van der Waals surface area contributed by atoms with E-state index in [1.165, 1.54) is 17.0 Å². The Hall–Kier alpha value is -0.540. The average molecular weight is 226 g/mol. The molecule has 0 amide bonds. The molecule has 0 spiro atoms. The number of halogens is 1. The van der Waals surface area contributed by atoms with Crippen LogP contribution in [0, 0.1) is 5.82 Å². The van der Waals surface area contributed by atoms with Crippen LogP contribution in [-0.2, 0) is 5.75 Å². The van der Waals surface area contributed by atoms with Gasteiger partial charge in [0.25, 0.3) is 0 Å². The molecule has 1 aromatic heterocycles. The molecule has 0 aliphatic rings. The first-order valence-corrected chi connectivity index (χ1v) is 6.58. The van der Waals surface area contributed by atoms with E-state index in [0.29, 0.717) is 0 Å². The Morgan fingerprint density at radius 1 is 1.43 bits per heavy atom. The first-order chi connectivity index (χ1) is 6.81. The van der Waals surface area contributed by atoms with Crippen molar-refractivity contribution in [1.82, 2.24) is 0 Å². The van der Waals surface area contributed by atoms with E-state index < -0.39 is 0 Å². The summed E-state index contributed by atoms with van der Waals surface area (Å²) < 4.78 is 14.0. The Balaban J connectivity index is 2.37. The summed E-state index contributed by atoms with van der Waals surface area (Å²) in [7, 11) is 0. The van der Waals surface area contributed by atoms with Gasteiger partial charge >= 0.3 is 0 Å². The predicted octanol–water partition coefficient (Wildman–Crippen LogP) is 4.29. The first-order valence-electron chi connectivity index (χ1n) is 4.54. The smallest absolute Gasteiger partial charge is 0.124 e. The maximum absolute atomic E-state index is 12.9. The Kier molecular flexibility index (Phi) is 3.08. The van der Waals surface area contributed by atoms with E-state index in [2.05, 4.69) is 12.3 Å². The second-order valence-corrected chi connectivity index (χ2v) is 5.22. The fourth-order valence-corrected chi connectivity index (χ4v) is 3.14. The number of rotatable bonds is 3. The van der Waals surface area contributed by atoms with E-state index in [1.807, 2.05) is 17.8 Å². The highest BCUT2D eigenvalue weighted by Gasteiger charge is 2.04. The highest BCUT2D eigenvalue weighted by atomic mass is 32.2. The molecule has 1 aromatic carbocycles. The summed E-state index contributed by atoms with van der Waals surface area (Å²) in [4.78, 5) is 0. The molecule has 0 saturated heterocycles. The van der Waals surface area contributed by atoms with Gasteiger partial charge in [-0.2, -0.15) is 11.8 Å². The summed E-state index contributed by atoms with van der Waals surface area (Å²) in [6, 6.07) is 5.03. The van der Waals surface area contributed by atoms with Crippen LogP contribution in [0.15, 0.2) is 23.6 Å². The number of thioether (sulfide) groups is 1. The fourth-order valence-electron chi connectivity index (χ4n) is 1.38. The zero-order valence-electron chi connectivity index (χ0n) is 7.92. The molecule has 74 valence electrons. The Labute approximate surface area is 91.1 Å². The summed E-state index contributed by atoms with van der Waals surface area (Å²) in [5.74, 6) is 2.01. The number of fused-ring (bicyclic) bond motifs is 1. The van der Waals surface area contributed by atoms with Crippen LogP contribution >= 0.6 is 23.1 Å². The van der Waals surface area contributed by atoms with Crippen molar-refractivity contribution >= 4 is 33.2 Å². The first kappa shape index (κ1) is 9.99. The highest BCUT2D eigenvalue weighted by molar-refractivity contribution is 7.98. The SMILES string of the molecule is CCSCc1csc2cc(F)ccc12. The minimum atomic E-state index is -0.144. The van der Waals surface area contributed by atoms with Crippen LogP contribution in [0.2, 0.25) is 0 Å². The number of thiophene rings is 1. The molecule has 2 rings (SSSR count). The Morgan fingerprint density at radius 2 is 2.29 bits per heavy atom. The third-order valence-corrected chi connectivity index (χ3v) is 4.00. The van der Waals surface area contributed by atoms with Crippen molar-refractivity contribution in [3.63, 3.8) is 0 Å². The Morgan fingerprint density at radius 3 is 3.07 bits per heavy atom. The van der Waals surface area contributed by atoms with E-state index in [4.69, 9.17) is 0 Å². The standard InChI is InChI=1S/C11H11FS2/c1-2-13-6-8-7-14-11-5-9(12)3-4-10(8)11/h3-5,7H,2,6H2,1H3. The van der Waals surface area contributed by atoms with Crippen LogP contribution in [0.25, 0.3) is 10.1 Å². The molecule has 14 heavy (non-hydrogen) atoms. The largest absolute Gasteiger partial charge is 0.207 e. The summed E-state index contributed by atoms with van der Waals surface area (Å²) in [6.45, 7) is 2.15. The zero-order chi connectivity index (χ0) is 9.97. The van der Waals surface area contributed by atoms with Crippen LogP contribution < -0.4 is 0 Å². The molecule has 1 heterocycles. The minimum Gasteiger partial charge on any atom is -0.207 e. The lowest BCUT2D eigenvalue weighted by atomic mass is 10.2. The van der Waals surface area contributed by atoms with E-state index in [1.54, 1.807) is 17.4 Å². The lowest BCUT2D eigenvalue weighted by molar-refractivity contribution is 0.630. The van der Waals surface area contributed by atoms with Gasteiger partial charge in [0.15, 0.2) is 0 Å². The maximum Gasteiger partial charge on any atom is 0.124 e. The molecular weight excluding hydrogens is 215 g/mol. The quantitative estimate of drug-likeness (QED) is 0.752. The van der Waals surface area contributed by atoms with Crippen molar-refractivity contribution in [2.45, 2.75) is 12.7 Å². The summed E-state index contributed by atoms with van der Waals surface area (Å²) in [6.07, 6.45) is 0. The van der Waals surface area contributed by atoms with Gasteiger partial charge in [0.1, 0.15) is 5.82 Å². The van der Waals surface area contributed by atoms with Crippen LogP contribution in [0.5, 0.6) is 0 Å². The van der Waals surface area contributed by atoms with Crippen LogP contribution in [-0.4, -0.2) is 5.75 Å². The molecule has 0 atom stereocenters. The molecule has 0 fully saturated rings. The van der Waals surface area contributed by atoms with Crippen molar-refractivity contribution in [2.75, 3.05) is 5.75 Å². The van der Waals surface area contributed by atoms with Gasteiger partial charge in [-0.3, -0.25) is 0 Å². The van der Waals surface area contributed by atoms with Crippen molar-refractivity contribution in [2.24, 2.45) is 0 Å². The van der Waals surface area contributed by atoms with Crippen molar-refractivity contribution in [3.05, 3.63) is 35.0 Å². The molecule has 0 aliphatic carbocycles. The van der Waals surface area contributed by atoms with E-state index in [9.17, 15) is 4.39 Å². The average Bonchev–Trinajstić information content (AvgIpc) is 2.57. The monoisotopic (exact) mass is 226 g/mol. The summed E-state index contributed by atoms with van der Waals surface area (Å²) >= 11 is 3.52. The van der Waals surface area contributed by atoms with E-state index in [-0.39, 0.29) is 5.82 Å². The van der Waals surface area contributed by atoms with Gasteiger partial charge in [-0.25, -0.2) is 4.39 Å². The van der Waals surface area contributed by atoms with Gasteiger partial charge in [0.2, 0.25) is 0 Å². The van der Waals surface area contributed by atoms with E-state index >= 15 is 0 Å². The molecule has 0 aliphatic heterocycles. The molecule has 0 unspecified atom stereocenters. The van der Waals surface area contributed by atoms with Gasteiger partial charge in [0.05, 0.1) is 0 Å². The molecule has 0 N–H and O–H groups in total. The predicted molar refractivity (Wildman–Crippen MR) is 63.6 cm³/mol. The third kappa shape index (κ3) is 1.93. The van der Waals surface area contributed by atoms with Crippen molar-refractivity contribution < 1.29 is 4.39 Å². The second-order valence-electron chi connectivity index (χ2n) is 3.04. The number of hydrogen-bond donors (Lipinski definition) is 0. The molecule has 0 bridgehead atoms. The van der Waals surface area contributed by atoms with Gasteiger partial charge in [0, 0.05) is 10.5 Å². The summed E-state index contributed by atoms with van der Waals surface area (Å²) in [5, 5.41) is 3.34. The zero-order valence-corrected chi connectivity index (χ0v) is 9.55. The maximum atomic E-state index is 12.9. The van der Waals surface area contributed by atoms with Crippen LogP contribution in [0.1, 0.15) is 12.5 Å². The van der Waals surface area contributed by atoms with Gasteiger partial charge in [-0.1, -0.05) is 13.0 Å². The fraction of sp³-hybridized carbons (Fsp3) is 0.273. The molecule has 0 nitrogen and oxygen atoms in total. The minimum absolute atomic E-state index is 0.144. The Bertz CT molecular complexity index is 434. The molecule has 2 aromatic rings. The summed E-state index contributed by atoms with van der Waals surface area (Å²) in [5.41, 5.74) is 1.33. The normalized spacial score (nSPS) is 11.0.